The van der Waals surface area contributed by atoms with Crippen molar-refractivity contribution in [3.63, 3.8) is 0 Å². The van der Waals surface area contributed by atoms with Crippen molar-refractivity contribution in [1.29, 1.82) is 0 Å². The van der Waals surface area contributed by atoms with E-state index in [-0.39, 0.29) is 17.3 Å². The molecule has 0 saturated heterocycles. The van der Waals surface area contributed by atoms with Gasteiger partial charge in [0.05, 0.1) is 19.1 Å². The third kappa shape index (κ3) is 4.71. The van der Waals surface area contributed by atoms with Gasteiger partial charge in [-0.25, -0.2) is 15.0 Å². The van der Waals surface area contributed by atoms with Gasteiger partial charge in [-0.3, -0.25) is 15.1 Å². The van der Waals surface area contributed by atoms with Crippen LogP contribution in [0.5, 0.6) is 11.8 Å². The van der Waals surface area contributed by atoms with Crippen LogP contribution in [0.15, 0.2) is 24.7 Å². The largest absolute Gasteiger partial charge is 0.480 e. The molecule has 0 aromatic carbocycles. The lowest BCUT2D eigenvalue weighted by molar-refractivity contribution is -0.141. The topological polar surface area (TPSA) is 99.1 Å². The zero-order valence-electron chi connectivity index (χ0n) is 16.0. The second-order valence-corrected chi connectivity index (χ2v) is 6.84. The summed E-state index contributed by atoms with van der Waals surface area (Å²) in [6.45, 7) is 0. The molecule has 3 heterocycles. The molecule has 0 fully saturated rings. The van der Waals surface area contributed by atoms with Gasteiger partial charge < -0.3 is 9.47 Å². The molecular formula is C17H11F6N5O3S. The van der Waals surface area contributed by atoms with Crippen LogP contribution in [0.25, 0.3) is 10.4 Å². The van der Waals surface area contributed by atoms with E-state index in [9.17, 15) is 31.1 Å². The molecule has 0 aliphatic carbocycles. The van der Waals surface area contributed by atoms with E-state index in [1.165, 1.54) is 14.2 Å². The van der Waals surface area contributed by atoms with Crippen LogP contribution in [-0.2, 0) is 12.4 Å². The monoisotopic (exact) mass is 479 g/mol. The number of halogens is 6. The third-order valence-electron chi connectivity index (χ3n) is 3.82. The second kappa shape index (κ2) is 8.57. The Morgan fingerprint density at radius 3 is 2.16 bits per heavy atom. The number of pyridine rings is 1. The number of carbonyl (C=O) groups is 1. The van der Waals surface area contributed by atoms with Crippen LogP contribution in [-0.4, -0.2) is 40.1 Å². The maximum atomic E-state index is 13.5. The number of rotatable bonds is 5. The van der Waals surface area contributed by atoms with Crippen molar-refractivity contribution in [3.8, 4) is 22.2 Å². The van der Waals surface area contributed by atoms with Gasteiger partial charge in [0, 0.05) is 6.20 Å². The van der Waals surface area contributed by atoms with E-state index in [0.717, 1.165) is 18.6 Å². The minimum Gasteiger partial charge on any atom is -0.480 e. The Labute approximate surface area is 179 Å². The fourth-order valence-electron chi connectivity index (χ4n) is 2.51. The zero-order valence-corrected chi connectivity index (χ0v) is 16.8. The SMILES string of the molecule is COc1ncnc(OC)c1C(=O)Nc1nc(C(F)(F)F)c(-c2ccnc(C(F)(F)F)c2)s1. The summed E-state index contributed by atoms with van der Waals surface area (Å²) in [6.07, 6.45) is -8.11. The average molecular weight is 479 g/mol. The van der Waals surface area contributed by atoms with Crippen LogP contribution >= 0.6 is 11.3 Å². The van der Waals surface area contributed by atoms with E-state index < -0.39 is 45.2 Å². The molecule has 0 bridgehead atoms. The molecule has 3 aromatic heterocycles. The summed E-state index contributed by atoms with van der Waals surface area (Å²) in [7, 11) is 2.40. The van der Waals surface area contributed by atoms with Crippen molar-refractivity contribution in [2.45, 2.75) is 12.4 Å². The number of ether oxygens (including phenoxy) is 2. The van der Waals surface area contributed by atoms with E-state index in [4.69, 9.17) is 9.47 Å². The first kappa shape index (κ1) is 23.2. The van der Waals surface area contributed by atoms with Gasteiger partial charge in [-0.2, -0.15) is 26.3 Å². The number of carbonyl (C=O) groups excluding carboxylic acids is 1. The van der Waals surface area contributed by atoms with Gasteiger partial charge in [-0.05, 0) is 17.7 Å². The summed E-state index contributed by atoms with van der Waals surface area (Å²) >= 11 is 0.328. The highest BCUT2D eigenvalue weighted by atomic mass is 32.1. The van der Waals surface area contributed by atoms with E-state index in [2.05, 4.69) is 25.3 Å². The van der Waals surface area contributed by atoms with Gasteiger partial charge in [-0.1, -0.05) is 11.3 Å². The number of nitrogens with zero attached hydrogens (tertiary/aromatic N) is 4. The van der Waals surface area contributed by atoms with Crippen LogP contribution in [0, 0.1) is 0 Å². The lowest BCUT2D eigenvalue weighted by atomic mass is 10.1. The van der Waals surface area contributed by atoms with Crippen LogP contribution in [0.4, 0.5) is 31.5 Å². The number of hydrogen-bond acceptors (Lipinski definition) is 8. The first-order valence-electron chi connectivity index (χ1n) is 8.31. The highest BCUT2D eigenvalue weighted by Gasteiger charge is 2.39. The predicted molar refractivity (Wildman–Crippen MR) is 98.4 cm³/mol. The van der Waals surface area contributed by atoms with Crippen LogP contribution in [0.3, 0.4) is 0 Å². The quantitative estimate of drug-likeness (QED) is 0.545. The molecule has 0 aliphatic heterocycles. The lowest BCUT2D eigenvalue weighted by Gasteiger charge is -2.09. The van der Waals surface area contributed by atoms with Gasteiger partial charge in [0.2, 0.25) is 11.8 Å². The molecule has 15 heteroatoms. The Morgan fingerprint density at radius 2 is 1.62 bits per heavy atom. The molecule has 32 heavy (non-hydrogen) atoms. The third-order valence-corrected chi connectivity index (χ3v) is 4.84. The van der Waals surface area contributed by atoms with Gasteiger partial charge in [0.1, 0.15) is 12.0 Å². The van der Waals surface area contributed by atoms with Gasteiger partial charge in [0.25, 0.3) is 5.91 Å². The summed E-state index contributed by atoms with van der Waals surface area (Å²) in [4.78, 5) is 25.9. The molecule has 0 unspecified atom stereocenters. The van der Waals surface area contributed by atoms with Crippen LogP contribution < -0.4 is 14.8 Å². The zero-order chi connectivity index (χ0) is 23.7. The van der Waals surface area contributed by atoms with Crippen molar-refractivity contribution in [2.24, 2.45) is 0 Å². The highest BCUT2D eigenvalue weighted by molar-refractivity contribution is 7.19. The molecule has 170 valence electrons. The Balaban J connectivity index is 2.05. The van der Waals surface area contributed by atoms with Crippen LogP contribution in [0.1, 0.15) is 21.7 Å². The molecule has 0 aliphatic rings. The van der Waals surface area contributed by atoms with Crippen molar-refractivity contribution in [3.05, 3.63) is 41.6 Å². The van der Waals surface area contributed by atoms with E-state index in [1.54, 1.807) is 0 Å². The summed E-state index contributed by atoms with van der Waals surface area (Å²) in [6, 6.07) is 1.44. The fourth-order valence-corrected chi connectivity index (χ4v) is 3.48. The van der Waals surface area contributed by atoms with Gasteiger partial charge in [0.15, 0.2) is 16.4 Å². The minimum atomic E-state index is -5.01. The number of thiazole rings is 1. The van der Waals surface area contributed by atoms with Crippen molar-refractivity contribution >= 4 is 22.4 Å². The van der Waals surface area contributed by atoms with E-state index in [0.29, 0.717) is 17.4 Å². The summed E-state index contributed by atoms with van der Waals surface area (Å²) in [5.74, 6) is -1.43. The maximum absolute atomic E-state index is 13.5. The number of methoxy groups -OCH3 is 2. The standard InChI is InChI=1S/C17H11F6N5O3S/c1-30-13-9(14(31-2)26-6-25-13)12(29)28-15-27-11(17(21,22)23)10(32-15)7-3-4-24-8(5-7)16(18,19)20/h3-6H,1-2H3,(H,27,28,29). The molecule has 3 rings (SSSR count). The Kier molecular flexibility index (Phi) is 6.20. The summed E-state index contributed by atoms with van der Waals surface area (Å²) in [5, 5.41) is 1.61. The number of hydrogen-bond donors (Lipinski definition) is 1. The number of amides is 1. The first-order valence-corrected chi connectivity index (χ1v) is 9.13. The number of anilines is 1. The molecule has 0 spiro atoms. The van der Waals surface area contributed by atoms with E-state index >= 15 is 0 Å². The van der Waals surface area contributed by atoms with Gasteiger partial charge >= 0.3 is 12.4 Å². The number of alkyl halides is 6. The number of nitrogens with one attached hydrogen (secondary N) is 1. The molecule has 1 N–H and O–H groups in total. The Morgan fingerprint density at radius 1 is 1.00 bits per heavy atom. The predicted octanol–water partition coefficient (Wildman–Crippen LogP) is 4.30. The molecule has 3 aromatic rings. The number of aromatic nitrogens is 4. The average Bonchev–Trinajstić information content (AvgIpc) is 3.16. The van der Waals surface area contributed by atoms with Crippen molar-refractivity contribution in [1.82, 2.24) is 19.9 Å². The highest BCUT2D eigenvalue weighted by Crippen LogP contribution is 2.43. The molecule has 0 saturated carbocycles. The smallest absolute Gasteiger partial charge is 0.434 e. The summed E-state index contributed by atoms with van der Waals surface area (Å²) < 4.78 is 89.2. The molecule has 1 amide bonds. The minimum absolute atomic E-state index is 0.217. The normalized spacial score (nSPS) is 11.9. The lowest BCUT2D eigenvalue weighted by Crippen LogP contribution is -2.16. The maximum Gasteiger partial charge on any atom is 0.434 e. The van der Waals surface area contributed by atoms with E-state index in [1.807, 2.05) is 0 Å². The molecule has 8 nitrogen and oxygen atoms in total. The second-order valence-electron chi connectivity index (χ2n) is 5.84. The summed E-state index contributed by atoms with van der Waals surface area (Å²) in [5.41, 5.74) is -3.58. The fraction of sp³-hybridized carbons (Fsp3) is 0.235. The Bertz CT molecular complexity index is 1130. The first-order chi connectivity index (χ1) is 15.0. The van der Waals surface area contributed by atoms with Crippen molar-refractivity contribution < 1.29 is 40.6 Å². The van der Waals surface area contributed by atoms with Crippen LogP contribution in [0.2, 0.25) is 0 Å². The molecule has 0 radical (unpaired) electrons. The Hall–Kier alpha value is -3.49. The van der Waals surface area contributed by atoms with Gasteiger partial charge in [-0.15, -0.1) is 0 Å². The molecular weight excluding hydrogens is 468 g/mol. The van der Waals surface area contributed by atoms with Crippen molar-refractivity contribution in [2.75, 3.05) is 19.5 Å². The molecule has 0 atom stereocenters.